The second kappa shape index (κ2) is 4.67. The van der Waals surface area contributed by atoms with Crippen LogP contribution in [-0.4, -0.2) is 16.8 Å². The maximum absolute atomic E-state index is 9.59. The van der Waals surface area contributed by atoms with Gasteiger partial charge in [0.25, 0.3) is 0 Å². The molecule has 0 spiro atoms. The van der Waals surface area contributed by atoms with Crippen LogP contribution in [0, 0.1) is 3.95 Å². The number of hydrogen-bond donors (Lipinski definition) is 1. The summed E-state index contributed by atoms with van der Waals surface area (Å²) in [5.41, 5.74) is 1.05. The second-order valence-electron chi connectivity index (χ2n) is 3.30. The largest absolute Gasteiger partial charge is 0.497 e. The molecule has 16 heavy (non-hydrogen) atoms. The lowest BCUT2D eigenvalue weighted by Crippen LogP contribution is -1.98. The molecule has 3 nitrogen and oxygen atoms in total. The Morgan fingerprint density at radius 2 is 2.31 bits per heavy atom. The highest BCUT2D eigenvalue weighted by atomic mass is 32.1. The van der Waals surface area contributed by atoms with Gasteiger partial charge >= 0.3 is 0 Å². The Labute approximate surface area is 103 Å². The van der Waals surface area contributed by atoms with Crippen molar-refractivity contribution < 1.29 is 9.84 Å². The lowest BCUT2D eigenvalue weighted by Gasteiger charge is -2.06. The van der Waals surface area contributed by atoms with E-state index < -0.39 is 0 Å². The van der Waals surface area contributed by atoms with Crippen molar-refractivity contribution in [2.75, 3.05) is 7.11 Å². The van der Waals surface area contributed by atoms with E-state index in [4.69, 9.17) is 17.0 Å². The summed E-state index contributed by atoms with van der Waals surface area (Å²) in [7, 11) is 1.63. The summed E-state index contributed by atoms with van der Waals surface area (Å²) < 4.78 is 7.50. The third kappa shape index (κ3) is 2.25. The molecule has 1 heterocycles. The minimum absolute atomic E-state index is 0.206. The first-order valence-corrected chi connectivity index (χ1v) is 5.99. The zero-order chi connectivity index (χ0) is 11.5. The molecule has 0 aliphatic rings. The molecule has 1 N–H and O–H groups in total. The van der Waals surface area contributed by atoms with E-state index in [0.717, 1.165) is 11.3 Å². The molecule has 0 saturated heterocycles. The van der Waals surface area contributed by atoms with Crippen LogP contribution in [0.3, 0.4) is 0 Å². The van der Waals surface area contributed by atoms with E-state index in [9.17, 15) is 5.11 Å². The Balaban J connectivity index is 2.30. The third-order valence-electron chi connectivity index (χ3n) is 2.24. The van der Waals surface area contributed by atoms with Crippen LogP contribution in [0.4, 0.5) is 0 Å². The molecule has 5 heteroatoms. The van der Waals surface area contributed by atoms with Crippen molar-refractivity contribution in [1.82, 2.24) is 4.57 Å². The minimum atomic E-state index is 0.206. The first kappa shape index (κ1) is 11.2. The van der Waals surface area contributed by atoms with Crippen LogP contribution >= 0.6 is 23.6 Å². The summed E-state index contributed by atoms with van der Waals surface area (Å²) >= 11 is 6.48. The molecule has 1 aromatic heterocycles. The standard InChI is InChI=1S/C11H11NO2S2/c1-14-9-4-2-3-8(5-9)6-12-10(13)7-16-11(12)15/h2-5,7,13H,6H2,1H3. The Bertz CT molecular complexity index is 545. The maximum atomic E-state index is 9.59. The van der Waals surface area contributed by atoms with Crippen LogP contribution in [0.2, 0.25) is 0 Å². The normalized spacial score (nSPS) is 10.3. The monoisotopic (exact) mass is 253 g/mol. The molecule has 1 aromatic carbocycles. The van der Waals surface area contributed by atoms with Crippen molar-refractivity contribution in [1.29, 1.82) is 0 Å². The van der Waals surface area contributed by atoms with Gasteiger partial charge in [-0.25, -0.2) is 0 Å². The SMILES string of the molecule is COc1cccc(Cn2c(O)csc2=S)c1. The highest BCUT2D eigenvalue weighted by molar-refractivity contribution is 7.73. The van der Waals surface area contributed by atoms with Crippen LogP contribution in [-0.2, 0) is 6.54 Å². The van der Waals surface area contributed by atoms with Gasteiger partial charge in [-0.3, -0.25) is 4.57 Å². The van der Waals surface area contributed by atoms with Gasteiger partial charge in [0, 0.05) is 0 Å². The van der Waals surface area contributed by atoms with E-state index in [0.29, 0.717) is 10.5 Å². The fraction of sp³-hybridized carbons (Fsp3) is 0.182. The molecule has 0 unspecified atom stereocenters. The molecule has 0 amide bonds. The maximum Gasteiger partial charge on any atom is 0.203 e. The average Bonchev–Trinajstić information content (AvgIpc) is 2.61. The molecule has 2 aromatic rings. The lowest BCUT2D eigenvalue weighted by molar-refractivity contribution is 0.412. The first-order valence-electron chi connectivity index (χ1n) is 4.71. The van der Waals surface area contributed by atoms with E-state index in [1.54, 1.807) is 17.1 Å². The summed E-state index contributed by atoms with van der Waals surface area (Å²) in [6.07, 6.45) is 0. The molecule has 0 atom stereocenters. The Morgan fingerprint density at radius 3 is 2.94 bits per heavy atom. The highest BCUT2D eigenvalue weighted by Gasteiger charge is 2.03. The molecule has 0 saturated carbocycles. The van der Waals surface area contributed by atoms with Gasteiger partial charge in [-0.1, -0.05) is 12.1 Å². The molecule has 2 rings (SSSR count). The topological polar surface area (TPSA) is 34.4 Å². The quantitative estimate of drug-likeness (QED) is 0.854. The summed E-state index contributed by atoms with van der Waals surface area (Å²) in [5, 5.41) is 11.2. The van der Waals surface area contributed by atoms with Crippen molar-refractivity contribution in [3.05, 3.63) is 39.2 Å². The zero-order valence-electron chi connectivity index (χ0n) is 8.71. The number of hydrogen-bond acceptors (Lipinski definition) is 4. The van der Waals surface area contributed by atoms with Crippen molar-refractivity contribution in [2.45, 2.75) is 6.54 Å². The van der Waals surface area contributed by atoms with E-state index in [1.807, 2.05) is 24.3 Å². The summed E-state index contributed by atoms with van der Waals surface area (Å²) in [6, 6.07) is 7.71. The number of aromatic hydroxyl groups is 1. The van der Waals surface area contributed by atoms with E-state index in [2.05, 4.69) is 0 Å². The summed E-state index contributed by atoms with van der Waals surface area (Å²) in [5.74, 6) is 1.01. The molecule has 0 radical (unpaired) electrons. The fourth-order valence-corrected chi connectivity index (χ4v) is 2.34. The first-order chi connectivity index (χ1) is 7.70. The van der Waals surface area contributed by atoms with Crippen molar-refractivity contribution in [3.63, 3.8) is 0 Å². The van der Waals surface area contributed by atoms with E-state index >= 15 is 0 Å². The molecule has 0 aliphatic heterocycles. The zero-order valence-corrected chi connectivity index (χ0v) is 10.3. The number of nitrogens with zero attached hydrogens (tertiary/aromatic N) is 1. The molecular formula is C11H11NO2S2. The van der Waals surface area contributed by atoms with Crippen molar-refractivity contribution in [3.8, 4) is 11.6 Å². The summed E-state index contributed by atoms with van der Waals surface area (Å²) in [4.78, 5) is 0. The van der Waals surface area contributed by atoms with Gasteiger partial charge in [-0.15, -0.1) is 11.3 Å². The van der Waals surface area contributed by atoms with Crippen LogP contribution in [0.1, 0.15) is 5.56 Å². The highest BCUT2D eigenvalue weighted by Crippen LogP contribution is 2.20. The molecular weight excluding hydrogens is 242 g/mol. The van der Waals surface area contributed by atoms with Crippen molar-refractivity contribution in [2.24, 2.45) is 0 Å². The summed E-state index contributed by atoms with van der Waals surface area (Å²) in [6.45, 7) is 0.561. The predicted molar refractivity (Wildman–Crippen MR) is 66.9 cm³/mol. The molecule has 84 valence electrons. The smallest absolute Gasteiger partial charge is 0.203 e. The number of methoxy groups -OCH3 is 1. The predicted octanol–water partition coefficient (Wildman–Crippen LogP) is 3.04. The van der Waals surface area contributed by atoms with Crippen LogP contribution in [0.5, 0.6) is 11.6 Å². The van der Waals surface area contributed by atoms with Crippen LogP contribution < -0.4 is 4.74 Å². The average molecular weight is 253 g/mol. The number of ether oxygens (including phenoxy) is 1. The van der Waals surface area contributed by atoms with Gasteiger partial charge in [0.05, 0.1) is 19.0 Å². The Morgan fingerprint density at radius 1 is 1.50 bits per heavy atom. The molecule has 0 bridgehead atoms. The minimum Gasteiger partial charge on any atom is -0.497 e. The van der Waals surface area contributed by atoms with Crippen LogP contribution in [0.25, 0.3) is 0 Å². The lowest BCUT2D eigenvalue weighted by atomic mass is 10.2. The second-order valence-corrected chi connectivity index (χ2v) is 4.80. The van der Waals surface area contributed by atoms with Gasteiger partial charge in [-0.2, -0.15) is 0 Å². The Kier molecular flexibility index (Phi) is 3.26. The van der Waals surface area contributed by atoms with Gasteiger partial charge < -0.3 is 9.84 Å². The number of aromatic nitrogens is 1. The Hall–Kier alpha value is -1.33. The molecule has 0 fully saturated rings. The van der Waals surface area contributed by atoms with Crippen LogP contribution in [0.15, 0.2) is 29.6 Å². The molecule has 0 aliphatic carbocycles. The van der Waals surface area contributed by atoms with E-state index in [-0.39, 0.29) is 5.88 Å². The fourth-order valence-electron chi connectivity index (χ4n) is 1.42. The third-order valence-corrected chi connectivity index (χ3v) is 3.50. The van der Waals surface area contributed by atoms with Gasteiger partial charge in [0.2, 0.25) is 5.88 Å². The van der Waals surface area contributed by atoms with Crippen molar-refractivity contribution >= 4 is 23.6 Å². The van der Waals surface area contributed by atoms with Gasteiger partial charge in [0.15, 0.2) is 3.95 Å². The number of rotatable bonds is 3. The number of thiazole rings is 1. The van der Waals surface area contributed by atoms with Gasteiger partial charge in [0.1, 0.15) is 5.75 Å². The van der Waals surface area contributed by atoms with E-state index in [1.165, 1.54) is 11.3 Å². The van der Waals surface area contributed by atoms with Gasteiger partial charge in [-0.05, 0) is 29.9 Å². The number of benzene rings is 1.